The van der Waals surface area contributed by atoms with Gasteiger partial charge < -0.3 is 0 Å². The van der Waals surface area contributed by atoms with Gasteiger partial charge in [-0.2, -0.15) is 0 Å². The second kappa shape index (κ2) is 2.81. The van der Waals surface area contributed by atoms with Gasteiger partial charge in [0.1, 0.15) is 0 Å². The molecule has 0 saturated carbocycles. The van der Waals surface area contributed by atoms with Crippen molar-refractivity contribution in [1.29, 1.82) is 0 Å². The summed E-state index contributed by atoms with van der Waals surface area (Å²) < 4.78 is 0. The van der Waals surface area contributed by atoms with E-state index in [0.29, 0.717) is 0 Å². The fourth-order valence-corrected chi connectivity index (χ4v) is 0. The molecule has 4 heteroatoms. The zero-order valence-electron chi connectivity index (χ0n) is 1.54. The average molecular weight is 203 g/mol. The van der Waals surface area contributed by atoms with Gasteiger partial charge in [-0.25, -0.2) is 0 Å². The van der Waals surface area contributed by atoms with Crippen molar-refractivity contribution in [2.75, 3.05) is 0 Å². The summed E-state index contributed by atoms with van der Waals surface area (Å²) in [4.78, 5) is 0. The molecule has 0 radical (unpaired) electrons. The molecule has 0 rings (SSSR count). The third-order valence-electron chi connectivity index (χ3n) is 0. The van der Waals surface area contributed by atoms with Crippen LogP contribution < -0.4 is 0 Å². The molecule has 0 fully saturated rings. The Balaban J connectivity index is 2.32. The van der Waals surface area contributed by atoms with E-state index in [2.05, 4.69) is 14.1 Å². The van der Waals surface area contributed by atoms with Crippen LogP contribution in [0.4, 0.5) is 0 Å². The van der Waals surface area contributed by atoms with Gasteiger partial charge in [0.2, 0.25) is 0 Å². The predicted octanol–water partition coefficient (Wildman–Crippen LogP) is 2.22. The first-order valence-corrected chi connectivity index (χ1v) is 7.12. The molecule has 0 aliphatic heterocycles. The minimum atomic E-state index is -1.28. The maximum atomic E-state index is 5.08. The van der Waals surface area contributed by atoms with E-state index in [0.717, 1.165) is 0 Å². The Morgan fingerprint density at radius 2 is 1.50 bits per heavy atom. The van der Waals surface area contributed by atoms with Gasteiger partial charge in [-0.1, -0.05) is 0 Å². The maximum absolute atomic E-state index is 5.08. The standard InChI is InChI=1S/BrH.2ClH.Cr/h3*1H;/q;;;+4/p-3. The van der Waals surface area contributed by atoms with Crippen molar-refractivity contribution in [1.82, 2.24) is 0 Å². The number of hydrogen-bond donors (Lipinski definition) is 0. The van der Waals surface area contributed by atoms with E-state index in [-0.39, 0.29) is 0 Å². The van der Waals surface area contributed by atoms with Gasteiger partial charge in [0.05, 0.1) is 0 Å². The van der Waals surface area contributed by atoms with Gasteiger partial charge in [0.15, 0.2) is 0 Å². The van der Waals surface area contributed by atoms with E-state index >= 15 is 0 Å². The molecule has 0 aliphatic carbocycles. The summed E-state index contributed by atoms with van der Waals surface area (Å²) in [5.74, 6) is 0. The third kappa shape index (κ3) is 9.52. The molecule has 4 heavy (non-hydrogen) atoms. The van der Waals surface area contributed by atoms with E-state index in [1.807, 2.05) is 0 Å². The molecule has 0 heterocycles. The van der Waals surface area contributed by atoms with Crippen LogP contribution in [-0.2, 0) is 10.5 Å². The quantitative estimate of drug-likeness (QED) is 0.565. The van der Waals surface area contributed by atoms with Crippen molar-refractivity contribution in [2.45, 2.75) is 0 Å². The van der Waals surface area contributed by atoms with E-state index in [1.54, 1.807) is 0 Å². The predicted molar refractivity (Wildman–Crippen MR) is 20.6 cm³/mol. The molecule has 0 N–H and O–H groups in total. The fourth-order valence-electron chi connectivity index (χ4n) is 0. The molecule has 0 unspecified atom stereocenters. The molecule has 0 nitrogen and oxygen atoms in total. The molecule has 0 spiro atoms. The molecule has 26 valence electrons. The molecule has 0 aliphatic rings. The minimum absolute atomic E-state index is 1.28. The van der Waals surface area contributed by atoms with Crippen LogP contribution in [0.2, 0.25) is 0 Å². The topological polar surface area (TPSA) is 0 Å². The monoisotopic (exact) mass is 201 g/mol. The first-order valence-electron chi connectivity index (χ1n) is 0.463. The molecule has 0 bridgehead atoms. The van der Waals surface area contributed by atoms with Gasteiger partial charge >= 0.3 is 44.6 Å². The number of rotatable bonds is 0. The fraction of sp³-hybridized carbons (Fsp3) is 0. The van der Waals surface area contributed by atoms with Crippen LogP contribution in [-0.4, -0.2) is 0 Å². The van der Waals surface area contributed by atoms with Crippen molar-refractivity contribution < 1.29 is 10.5 Å². The van der Waals surface area contributed by atoms with Crippen LogP contribution in [0.3, 0.4) is 0 Å². The van der Waals surface area contributed by atoms with Gasteiger partial charge in [-0.15, -0.1) is 0 Å². The Kier molecular flexibility index (Phi) is 3.93. The van der Waals surface area contributed by atoms with Crippen LogP contribution in [0.15, 0.2) is 0 Å². The molecular weight excluding hydrogens is 203 g/mol. The zero-order chi connectivity index (χ0) is 3.58. The van der Waals surface area contributed by atoms with E-state index in [1.165, 1.54) is 0 Å². The molecule has 0 saturated heterocycles. The van der Waals surface area contributed by atoms with E-state index in [4.69, 9.17) is 20.1 Å². The Morgan fingerprint density at radius 1 is 1.50 bits per heavy atom. The van der Waals surface area contributed by atoms with Gasteiger partial charge in [-0.05, 0) is 0 Å². The molecule has 0 amide bonds. The average Bonchev–Trinajstić information content (AvgIpc) is 0.811. The summed E-state index contributed by atoms with van der Waals surface area (Å²) in [6, 6.07) is 0. The van der Waals surface area contributed by atoms with Crippen molar-refractivity contribution in [3.63, 3.8) is 0 Å². The van der Waals surface area contributed by atoms with E-state index < -0.39 is 10.5 Å². The summed E-state index contributed by atoms with van der Waals surface area (Å²) in [7, 11) is 8.88. The molecule has 0 aromatic heterocycles. The van der Waals surface area contributed by atoms with Crippen LogP contribution in [0, 0.1) is 0 Å². The Labute approximate surface area is 44.5 Å². The summed E-state index contributed by atoms with van der Waals surface area (Å²) in [5, 5.41) is 0. The first-order chi connectivity index (χ1) is 1.73. The second-order valence-corrected chi connectivity index (χ2v) is 9.66. The summed E-state index contributed by atoms with van der Waals surface area (Å²) >= 11 is 2.93. The normalized spacial score (nSPS) is 9.00. The molecular formula is BrCl2Cr+. The van der Waals surface area contributed by atoms with Gasteiger partial charge in [0.25, 0.3) is 0 Å². The zero-order valence-corrected chi connectivity index (χ0v) is 5.91. The van der Waals surface area contributed by atoms with Crippen LogP contribution >= 0.6 is 34.1 Å². The van der Waals surface area contributed by atoms with Crippen molar-refractivity contribution in [3.8, 4) is 0 Å². The van der Waals surface area contributed by atoms with Gasteiger partial charge in [0, 0.05) is 0 Å². The van der Waals surface area contributed by atoms with Gasteiger partial charge in [-0.3, -0.25) is 0 Å². The summed E-state index contributed by atoms with van der Waals surface area (Å²) in [6.07, 6.45) is 0. The molecule has 0 aromatic carbocycles. The van der Waals surface area contributed by atoms with Crippen molar-refractivity contribution in [3.05, 3.63) is 0 Å². The van der Waals surface area contributed by atoms with Crippen molar-refractivity contribution in [2.24, 2.45) is 0 Å². The first kappa shape index (κ1) is 5.59. The van der Waals surface area contributed by atoms with Crippen molar-refractivity contribution >= 4 is 34.1 Å². The Morgan fingerprint density at radius 3 is 1.50 bits per heavy atom. The Hall–Kier alpha value is 1.59. The Bertz CT molecular complexity index is 10.8. The van der Waals surface area contributed by atoms with Crippen LogP contribution in [0.1, 0.15) is 0 Å². The summed E-state index contributed by atoms with van der Waals surface area (Å²) in [5.41, 5.74) is 0. The summed E-state index contributed by atoms with van der Waals surface area (Å²) in [6.45, 7) is 0. The number of hydrogen-bond acceptors (Lipinski definition) is 0. The number of halogens is 3. The van der Waals surface area contributed by atoms with Crippen LogP contribution in [0.5, 0.6) is 0 Å². The van der Waals surface area contributed by atoms with Crippen LogP contribution in [0.25, 0.3) is 0 Å². The second-order valence-electron chi connectivity index (χ2n) is 0.175. The molecule has 0 atom stereocenters. The van der Waals surface area contributed by atoms with E-state index in [9.17, 15) is 0 Å². The SMILES string of the molecule is [Cl][Cr+]([Cl])[Br]. The molecule has 0 aromatic rings. The third-order valence-corrected chi connectivity index (χ3v) is 0.